The van der Waals surface area contributed by atoms with Crippen molar-refractivity contribution in [1.29, 1.82) is 0 Å². The van der Waals surface area contributed by atoms with Crippen LogP contribution in [0.15, 0.2) is 64.1 Å². The van der Waals surface area contributed by atoms with Crippen LogP contribution in [0.25, 0.3) is 11.1 Å². The molecule has 2 aromatic carbocycles. The molecule has 28 heavy (non-hydrogen) atoms. The molecular weight excluding hydrogens is 359 g/mol. The maximum absolute atomic E-state index is 14.0. The highest BCUT2D eigenvalue weighted by Crippen LogP contribution is 2.33. The number of hydrogen-bond donors (Lipinski definition) is 3. The number of hydrogen-bond acceptors (Lipinski definition) is 4. The van der Waals surface area contributed by atoms with Crippen LogP contribution in [0.1, 0.15) is 25.1 Å². The Labute approximate surface area is 162 Å². The van der Waals surface area contributed by atoms with Crippen LogP contribution in [-0.4, -0.2) is 29.4 Å². The molecule has 7 heteroatoms. The predicted molar refractivity (Wildman–Crippen MR) is 108 cm³/mol. The average Bonchev–Trinajstić information content (AvgIpc) is 3.16. The summed E-state index contributed by atoms with van der Waals surface area (Å²) in [5.74, 6) is 0.260. The van der Waals surface area contributed by atoms with Crippen LogP contribution in [0.4, 0.5) is 10.3 Å². The van der Waals surface area contributed by atoms with Gasteiger partial charge in [0, 0.05) is 17.0 Å². The van der Waals surface area contributed by atoms with Crippen molar-refractivity contribution in [2.75, 3.05) is 18.5 Å². The van der Waals surface area contributed by atoms with E-state index in [2.05, 4.69) is 15.5 Å². The number of nitrogens with zero attached hydrogens (tertiary/aromatic N) is 2. The average molecular weight is 382 g/mol. The summed E-state index contributed by atoms with van der Waals surface area (Å²) in [6.45, 7) is 4.17. The molecule has 1 heterocycles. The Morgan fingerprint density at radius 1 is 1.21 bits per heavy atom. The Balaban J connectivity index is 1.80. The highest BCUT2D eigenvalue weighted by molar-refractivity contribution is 5.91. The van der Waals surface area contributed by atoms with Crippen molar-refractivity contribution < 1.29 is 14.0 Å². The van der Waals surface area contributed by atoms with Gasteiger partial charge in [0.05, 0.1) is 18.8 Å². The second kappa shape index (κ2) is 8.22. The van der Waals surface area contributed by atoms with Gasteiger partial charge in [0.1, 0.15) is 5.82 Å². The first kappa shape index (κ1) is 19.6. The van der Waals surface area contributed by atoms with Crippen molar-refractivity contribution in [3.8, 4) is 11.1 Å². The van der Waals surface area contributed by atoms with Gasteiger partial charge in [0.25, 0.3) is 0 Å². The number of aromatic nitrogens is 1. The van der Waals surface area contributed by atoms with Crippen LogP contribution in [0, 0.1) is 5.82 Å². The second-order valence-electron chi connectivity index (χ2n) is 6.87. The zero-order chi connectivity index (χ0) is 20.1. The third-order valence-electron chi connectivity index (χ3n) is 4.58. The third-order valence-corrected chi connectivity index (χ3v) is 4.58. The van der Waals surface area contributed by atoms with Crippen molar-refractivity contribution in [2.45, 2.75) is 19.3 Å². The molecule has 4 N–H and O–H groups in total. The molecule has 3 rings (SSSR count). The van der Waals surface area contributed by atoms with Gasteiger partial charge in [-0.05, 0) is 17.2 Å². The minimum atomic E-state index is -0.436. The fraction of sp³-hybridized carbons (Fsp3) is 0.238. The Bertz CT molecular complexity index is 965. The fourth-order valence-corrected chi connectivity index (χ4v) is 2.87. The van der Waals surface area contributed by atoms with Crippen molar-refractivity contribution in [3.05, 3.63) is 71.7 Å². The molecule has 0 saturated heterocycles. The molecule has 0 saturated carbocycles. The van der Waals surface area contributed by atoms with E-state index >= 15 is 0 Å². The predicted octanol–water partition coefficient (Wildman–Crippen LogP) is 3.53. The molecule has 3 aromatic rings. The van der Waals surface area contributed by atoms with Gasteiger partial charge < -0.3 is 15.4 Å². The number of aliphatic hydroxyl groups excluding tert-OH is 1. The molecule has 0 fully saturated rings. The molecule has 0 atom stereocenters. The van der Waals surface area contributed by atoms with Crippen LogP contribution in [-0.2, 0) is 5.41 Å². The summed E-state index contributed by atoms with van der Waals surface area (Å²) in [5, 5.41) is 15.7. The summed E-state index contributed by atoms with van der Waals surface area (Å²) in [4.78, 5) is 3.93. The van der Waals surface area contributed by atoms with E-state index in [1.807, 2.05) is 44.2 Å². The van der Waals surface area contributed by atoms with Crippen LogP contribution in [0.2, 0.25) is 0 Å². The normalized spacial score (nSPS) is 12.2. The van der Waals surface area contributed by atoms with E-state index in [1.165, 1.54) is 6.07 Å². The summed E-state index contributed by atoms with van der Waals surface area (Å²) < 4.78 is 19.3. The SMILES string of the molecule is CC(C)(c1ccc(-c2ccccc2F)cc1)c1cc(NC(N)=NCCO)on1. The molecule has 0 aliphatic carbocycles. The number of guanidine groups is 1. The fourth-order valence-electron chi connectivity index (χ4n) is 2.87. The Hall–Kier alpha value is -3.19. The van der Waals surface area contributed by atoms with Crippen molar-refractivity contribution in [1.82, 2.24) is 5.16 Å². The van der Waals surface area contributed by atoms with Crippen molar-refractivity contribution in [2.24, 2.45) is 10.7 Å². The van der Waals surface area contributed by atoms with Crippen LogP contribution in [0.5, 0.6) is 0 Å². The van der Waals surface area contributed by atoms with Gasteiger partial charge in [-0.3, -0.25) is 10.3 Å². The van der Waals surface area contributed by atoms with Gasteiger partial charge in [-0.1, -0.05) is 61.5 Å². The van der Waals surface area contributed by atoms with Crippen LogP contribution < -0.4 is 11.1 Å². The van der Waals surface area contributed by atoms with Gasteiger partial charge in [-0.25, -0.2) is 4.39 Å². The Morgan fingerprint density at radius 2 is 1.93 bits per heavy atom. The summed E-state index contributed by atoms with van der Waals surface area (Å²) in [6, 6.07) is 16.2. The molecule has 0 bridgehead atoms. The number of rotatable bonds is 6. The molecule has 0 unspecified atom stereocenters. The highest BCUT2D eigenvalue weighted by Gasteiger charge is 2.27. The summed E-state index contributed by atoms with van der Waals surface area (Å²) in [6.07, 6.45) is 0. The zero-order valence-electron chi connectivity index (χ0n) is 15.8. The molecule has 6 nitrogen and oxygen atoms in total. The molecule has 1 aromatic heterocycles. The van der Waals surface area contributed by atoms with Crippen LogP contribution in [0.3, 0.4) is 0 Å². The Morgan fingerprint density at radius 3 is 2.61 bits per heavy atom. The third kappa shape index (κ3) is 4.20. The van der Waals surface area contributed by atoms with Crippen molar-refractivity contribution >= 4 is 11.8 Å². The van der Waals surface area contributed by atoms with Gasteiger partial charge in [0.2, 0.25) is 5.88 Å². The minimum absolute atomic E-state index is 0.0834. The lowest BCUT2D eigenvalue weighted by atomic mass is 9.81. The zero-order valence-corrected chi connectivity index (χ0v) is 15.8. The molecule has 146 valence electrons. The van der Waals surface area contributed by atoms with Crippen molar-refractivity contribution in [3.63, 3.8) is 0 Å². The topological polar surface area (TPSA) is 96.7 Å². The van der Waals surface area contributed by atoms with Gasteiger partial charge >= 0.3 is 0 Å². The molecule has 0 amide bonds. The molecule has 0 spiro atoms. The number of aliphatic imine (C=N–C) groups is 1. The first-order valence-electron chi connectivity index (χ1n) is 8.92. The number of benzene rings is 2. The van der Waals surface area contributed by atoms with Crippen LogP contribution >= 0.6 is 0 Å². The second-order valence-corrected chi connectivity index (χ2v) is 6.87. The first-order chi connectivity index (χ1) is 13.4. The highest BCUT2D eigenvalue weighted by atomic mass is 19.1. The smallest absolute Gasteiger partial charge is 0.231 e. The standard InChI is InChI=1S/C21H23FN4O2/c1-21(2,18-13-19(28-26-18)25-20(23)24-11-12-27)15-9-7-14(8-10-15)16-5-3-4-6-17(16)22/h3-10,13,27H,11-12H2,1-2H3,(H3,23,24,25). The lowest BCUT2D eigenvalue weighted by Crippen LogP contribution is -2.23. The molecule has 0 radical (unpaired) electrons. The number of halogens is 1. The lowest BCUT2D eigenvalue weighted by Gasteiger charge is -2.22. The van der Waals surface area contributed by atoms with E-state index in [9.17, 15) is 4.39 Å². The molecule has 0 aliphatic rings. The Kier molecular flexibility index (Phi) is 5.75. The number of nitrogens with two attached hydrogens (primary N) is 1. The maximum atomic E-state index is 14.0. The molecule has 0 aliphatic heterocycles. The first-order valence-corrected chi connectivity index (χ1v) is 8.92. The van der Waals surface area contributed by atoms with Gasteiger partial charge in [-0.15, -0.1) is 0 Å². The number of aliphatic hydroxyl groups is 1. The lowest BCUT2D eigenvalue weighted by molar-refractivity contribution is 0.307. The van der Waals surface area contributed by atoms with E-state index < -0.39 is 5.41 Å². The number of anilines is 1. The quantitative estimate of drug-likeness (QED) is 0.448. The summed E-state index contributed by atoms with van der Waals surface area (Å²) >= 11 is 0. The van der Waals surface area contributed by atoms with E-state index in [0.29, 0.717) is 17.1 Å². The van der Waals surface area contributed by atoms with Gasteiger partial charge in [-0.2, -0.15) is 0 Å². The summed E-state index contributed by atoms with van der Waals surface area (Å²) in [7, 11) is 0. The number of nitrogens with one attached hydrogen (secondary N) is 1. The summed E-state index contributed by atoms with van der Waals surface area (Å²) in [5.41, 5.74) is 8.38. The van der Waals surface area contributed by atoms with E-state index in [-0.39, 0.29) is 24.9 Å². The maximum Gasteiger partial charge on any atom is 0.231 e. The van der Waals surface area contributed by atoms with E-state index in [1.54, 1.807) is 18.2 Å². The van der Waals surface area contributed by atoms with E-state index in [0.717, 1.165) is 11.1 Å². The van der Waals surface area contributed by atoms with Gasteiger partial charge in [0.15, 0.2) is 5.96 Å². The monoisotopic (exact) mass is 382 g/mol. The molecular formula is C21H23FN4O2. The van der Waals surface area contributed by atoms with E-state index in [4.69, 9.17) is 15.4 Å². The largest absolute Gasteiger partial charge is 0.394 e. The minimum Gasteiger partial charge on any atom is -0.394 e.